The first kappa shape index (κ1) is 16.3. The van der Waals surface area contributed by atoms with E-state index >= 15 is 0 Å². The number of rotatable bonds is 2. The van der Waals surface area contributed by atoms with Crippen molar-refractivity contribution in [3.05, 3.63) is 35.1 Å². The molecule has 1 aliphatic heterocycles. The average molecular weight is 368 g/mol. The first-order valence-electron chi connectivity index (χ1n) is 6.58. The topological polar surface area (TPSA) is 20.3 Å². The molecule has 2 nitrogen and oxygen atoms in total. The Balaban J connectivity index is 2.33. The van der Waals surface area contributed by atoms with E-state index in [9.17, 15) is 22.4 Å². The molecule has 1 aromatic carbocycles. The summed E-state index contributed by atoms with van der Waals surface area (Å²) in [5.74, 6) is -1.60. The zero-order chi connectivity index (χ0) is 15.6. The molecule has 1 atom stereocenters. The van der Waals surface area contributed by atoms with Gasteiger partial charge in [0.15, 0.2) is 0 Å². The Bertz CT molecular complexity index is 532. The maximum atomic E-state index is 13.8. The minimum Gasteiger partial charge on any atom is -0.335 e. The van der Waals surface area contributed by atoms with E-state index in [1.54, 1.807) is 0 Å². The zero-order valence-corrected chi connectivity index (χ0v) is 12.7. The van der Waals surface area contributed by atoms with Gasteiger partial charge >= 0.3 is 6.18 Å². The van der Waals surface area contributed by atoms with Gasteiger partial charge in [-0.05, 0) is 37.5 Å². The van der Waals surface area contributed by atoms with Crippen molar-refractivity contribution in [1.82, 2.24) is 4.90 Å². The molecule has 1 aliphatic rings. The van der Waals surface area contributed by atoms with Gasteiger partial charge in [0.25, 0.3) is 5.91 Å². The summed E-state index contributed by atoms with van der Waals surface area (Å²) in [6.07, 6.45) is -2.11. The molecule has 0 spiro atoms. The molecule has 0 bridgehead atoms. The van der Waals surface area contributed by atoms with E-state index < -0.39 is 29.0 Å². The van der Waals surface area contributed by atoms with Crippen LogP contribution in [0.2, 0.25) is 0 Å². The number of alkyl halides is 4. The smallest absolute Gasteiger partial charge is 0.335 e. The summed E-state index contributed by atoms with van der Waals surface area (Å²) in [5, 5.41) is 0.527. The van der Waals surface area contributed by atoms with E-state index in [4.69, 9.17) is 0 Å². The molecule has 1 saturated heterocycles. The van der Waals surface area contributed by atoms with Gasteiger partial charge in [-0.25, -0.2) is 4.39 Å². The van der Waals surface area contributed by atoms with Gasteiger partial charge in [0.1, 0.15) is 5.82 Å². The lowest BCUT2D eigenvalue weighted by molar-refractivity contribution is -0.137. The highest BCUT2D eigenvalue weighted by atomic mass is 79.9. The largest absolute Gasteiger partial charge is 0.416 e. The van der Waals surface area contributed by atoms with E-state index in [0.717, 1.165) is 19.3 Å². The van der Waals surface area contributed by atoms with Crippen LogP contribution in [-0.4, -0.2) is 28.7 Å². The van der Waals surface area contributed by atoms with Crippen LogP contribution in [0.3, 0.4) is 0 Å². The summed E-state index contributed by atoms with van der Waals surface area (Å²) in [4.78, 5) is 13.8. The third-order valence-electron chi connectivity index (χ3n) is 3.59. The van der Waals surface area contributed by atoms with Crippen LogP contribution in [0.1, 0.15) is 35.2 Å². The van der Waals surface area contributed by atoms with Crippen molar-refractivity contribution in [3.63, 3.8) is 0 Å². The molecule has 7 heteroatoms. The Morgan fingerprint density at radius 3 is 2.67 bits per heavy atom. The number of likely N-dealkylation sites (tertiary alicyclic amines) is 1. The summed E-state index contributed by atoms with van der Waals surface area (Å²) in [6.45, 7) is 0.435. The van der Waals surface area contributed by atoms with Crippen LogP contribution in [0.25, 0.3) is 0 Å². The lowest BCUT2D eigenvalue weighted by Crippen LogP contribution is -2.45. The molecule has 116 valence electrons. The van der Waals surface area contributed by atoms with Crippen LogP contribution < -0.4 is 0 Å². The maximum Gasteiger partial charge on any atom is 0.416 e. The number of amides is 1. The second-order valence-electron chi connectivity index (χ2n) is 4.99. The van der Waals surface area contributed by atoms with E-state index in [0.29, 0.717) is 30.1 Å². The molecule has 0 radical (unpaired) electrons. The first-order valence-corrected chi connectivity index (χ1v) is 7.70. The Morgan fingerprint density at radius 1 is 1.33 bits per heavy atom. The van der Waals surface area contributed by atoms with Gasteiger partial charge in [0.05, 0.1) is 11.1 Å². The number of nitrogens with zero attached hydrogens (tertiary/aromatic N) is 1. The van der Waals surface area contributed by atoms with Crippen molar-refractivity contribution in [2.24, 2.45) is 0 Å². The number of piperidine rings is 1. The fourth-order valence-electron chi connectivity index (χ4n) is 2.45. The van der Waals surface area contributed by atoms with Crippen LogP contribution in [0.15, 0.2) is 18.2 Å². The highest BCUT2D eigenvalue weighted by Gasteiger charge is 2.34. The van der Waals surface area contributed by atoms with Crippen LogP contribution in [0, 0.1) is 5.82 Å². The normalized spacial score (nSPS) is 19.7. The SMILES string of the molecule is O=C(c1cc(C(F)(F)F)ccc1F)N1CCCCC1CBr. The van der Waals surface area contributed by atoms with Gasteiger partial charge in [-0.3, -0.25) is 4.79 Å². The molecule has 1 aromatic rings. The maximum absolute atomic E-state index is 13.8. The van der Waals surface area contributed by atoms with Gasteiger partial charge < -0.3 is 4.90 Å². The monoisotopic (exact) mass is 367 g/mol. The Kier molecular flexibility index (Phi) is 4.91. The third kappa shape index (κ3) is 3.56. The molecule has 1 fully saturated rings. The standard InChI is InChI=1S/C14H14BrF4NO/c15-8-10-3-1-2-6-20(10)13(21)11-7-9(14(17,18)19)4-5-12(11)16/h4-5,7,10H,1-3,6,8H2. The third-order valence-corrected chi connectivity index (χ3v) is 4.34. The average Bonchev–Trinajstić information content (AvgIpc) is 2.45. The number of carbonyl (C=O) groups is 1. The molecule has 0 N–H and O–H groups in total. The van der Waals surface area contributed by atoms with Crippen LogP contribution in [-0.2, 0) is 6.18 Å². The van der Waals surface area contributed by atoms with Gasteiger partial charge in [-0.1, -0.05) is 15.9 Å². The lowest BCUT2D eigenvalue weighted by atomic mass is 10.0. The summed E-state index contributed by atoms with van der Waals surface area (Å²) >= 11 is 3.29. The number of halogens is 5. The number of benzene rings is 1. The molecule has 1 heterocycles. The summed E-state index contributed by atoms with van der Waals surface area (Å²) in [5.41, 5.74) is -1.53. The molecule has 1 unspecified atom stereocenters. The van der Waals surface area contributed by atoms with Crippen molar-refractivity contribution in [2.45, 2.75) is 31.5 Å². The highest BCUT2D eigenvalue weighted by Crippen LogP contribution is 2.31. The molecule has 0 aromatic heterocycles. The highest BCUT2D eigenvalue weighted by molar-refractivity contribution is 9.09. The van der Waals surface area contributed by atoms with Gasteiger partial charge in [-0.15, -0.1) is 0 Å². The summed E-state index contributed by atoms with van der Waals surface area (Å²) < 4.78 is 51.8. The molecular formula is C14H14BrF4NO. The molecule has 21 heavy (non-hydrogen) atoms. The second kappa shape index (κ2) is 6.34. The number of hydrogen-bond acceptors (Lipinski definition) is 1. The van der Waals surface area contributed by atoms with E-state index in [1.165, 1.54) is 4.90 Å². The van der Waals surface area contributed by atoms with Crippen molar-refractivity contribution >= 4 is 21.8 Å². The molecule has 1 amide bonds. The molecule has 2 rings (SSSR count). The van der Waals surface area contributed by atoms with Crippen molar-refractivity contribution < 1.29 is 22.4 Å². The fraction of sp³-hybridized carbons (Fsp3) is 0.500. The van der Waals surface area contributed by atoms with Crippen molar-refractivity contribution in [1.29, 1.82) is 0 Å². The Morgan fingerprint density at radius 2 is 2.05 bits per heavy atom. The van der Waals surface area contributed by atoms with Gasteiger partial charge in [0.2, 0.25) is 0 Å². The van der Waals surface area contributed by atoms with Gasteiger partial charge in [0, 0.05) is 17.9 Å². The predicted octanol–water partition coefficient (Wildman–Crippen LogP) is 4.23. The molecule has 0 saturated carbocycles. The first-order chi connectivity index (χ1) is 9.84. The Hall–Kier alpha value is -1.11. The van der Waals surface area contributed by atoms with E-state index in [2.05, 4.69) is 15.9 Å². The van der Waals surface area contributed by atoms with Crippen LogP contribution in [0.5, 0.6) is 0 Å². The number of carbonyl (C=O) groups excluding carboxylic acids is 1. The van der Waals surface area contributed by atoms with Gasteiger partial charge in [-0.2, -0.15) is 13.2 Å². The lowest BCUT2D eigenvalue weighted by Gasteiger charge is -2.35. The Labute approximate surface area is 128 Å². The van der Waals surface area contributed by atoms with Crippen molar-refractivity contribution in [3.8, 4) is 0 Å². The van der Waals surface area contributed by atoms with Crippen LogP contribution >= 0.6 is 15.9 Å². The quantitative estimate of drug-likeness (QED) is 0.565. The minimum atomic E-state index is -4.60. The second-order valence-corrected chi connectivity index (χ2v) is 5.64. The van der Waals surface area contributed by atoms with Crippen molar-refractivity contribution in [2.75, 3.05) is 11.9 Å². The number of hydrogen-bond donors (Lipinski definition) is 0. The predicted molar refractivity (Wildman–Crippen MR) is 73.9 cm³/mol. The molecular weight excluding hydrogens is 354 g/mol. The van der Waals surface area contributed by atoms with E-state index in [1.807, 2.05) is 0 Å². The summed E-state index contributed by atoms with van der Waals surface area (Å²) in [6, 6.07) is 1.82. The van der Waals surface area contributed by atoms with E-state index in [-0.39, 0.29) is 6.04 Å². The molecule has 0 aliphatic carbocycles. The van der Waals surface area contributed by atoms with Crippen LogP contribution in [0.4, 0.5) is 17.6 Å². The minimum absolute atomic E-state index is 0.111. The zero-order valence-electron chi connectivity index (χ0n) is 11.1. The summed E-state index contributed by atoms with van der Waals surface area (Å²) in [7, 11) is 0. The fourth-order valence-corrected chi connectivity index (χ4v) is 3.12.